The van der Waals surface area contributed by atoms with E-state index in [9.17, 15) is 12.8 Å². The molecule has 0 fully saturated rings. The van der Waals surface area contributed by atoms with Crippen LogP contribution < -0.4 is 9.62 Å². The first-order valence-corrected chi connectivity index (χ1v) is 8.52. The topological polar surface area (TPSA) is 93.0 Å². The third kappa shape index (κ3) is 3.39. The second-order valence-electron chi connectivity index (χ2n) is 5.06. The van der Waals surface area contributed by atoms with Crippen LogP contribution in [0.3, 0.4) is 0 Å². The first-order chi connectivity index (χ1) is 10.4. The third-order valence-electron chi connectivity index (χ3n) is 3.26. The lowest BCUT2D eigenvalue weighted by molar-refractivity contribution is 0.547. The van der Waals surface area contributed by atoms with E-state index in [1.165, 1.54) is 0 Å². The van der Waals surface area contributed by atoms with Crippen molar-refractivity contribution in [1.82, 2.24) is 24.2 Å². The van der Waals surface area contributed by atoms with Gasteiger partial charge in [-0.05, 0) is 0 Å². The fourth-order valence-electron chi connectivity index (χ4n) is 2.24. The molecule has 0 aliphatic carbocycles. The van der Waals surface area contributed by atoms with E-state index in [0.717, 1.165) is 24.5 Å². The predicted octanol–water partition coefficient (Wildman–Crippen LogP) is -0.118. The Morgan fingerprint density at radius 3 is 2.73 bits per heavy atom. The minimum atomic E-state index is -3.25. The van der Waals surface area contributed by atoms with Crippen LogP contribution in [0, 0.1) is 5.82 Å². The Morgan fingerprint density at radius 1 is 1.32 bits per heavy atom. The number of nitrogens with one attached hydrogen (secondary N) is 1. The molecule has 0 spiro atoms. The summed E-state index contributed by atoms with van der Waals surface area (Å²) in [7, 11) is -3.25. The molecule has 0 unspecified atom stereocenters. The smallest absolute Gasteiger partial charge is 0.225 e. The maximum Gasteiger partial charge on any atom is 0.225 e. The number of hydrogen-bond donors (Lipinski definition) is 1. The van der Waals surface area contributed by atoms with Crippen LogP contribution in [0.15, 0.2) is 18.6 Å². The SMILES string of the molecule is CS(=O)(=O)NCc1cn2c(n1)CN(c1ncc(F)cn1)CC2. The van der Waals surface area contributed by atoms with Gasteiger partial charge < -0.3 is 9.47 Å². The Labute approximate surface area is 127 Å². The van der Waals surface area contributed by atoms with Crippen LogP contribution in [0.5, 0.6) is 0 Å². The average Bonchev–Trinajstić information content (AvgIpc) is 2.87. The lowest BCUT2D eigenvalue weighted by atomic mass is 10.4. The largest absolute Gasteiger partial charge is 0.332 e. The molecule has 0 saturated carbocycles. The Hall–Kier alpha value is -2.07. The number of aromatic nitrogens is 4. The number of halogens is 1. The van der Waals surface area contributed by atoms with Crippen LogP contribution >= 0.6 is 0 Å². The number of hydrogen-bond acceptors (Lipinski definition) is 6. The van der Waals surface area contributed by atoms with Gasteiger partial charge in [0, 0.05) is 19.3 Å². The van der Waals surface area contributed by atoms with E-state index in [1.807, 2.05) is 15.7 Å². The van der Waals surface area contributed by atoms with Crippen molar-refractivity contribution in [2.45, 2.75) is 19.6 Å². The van der Waals surface area contributed by atoms with Gasteiger partial charge in [-0.15, -0.1) is 0 Å². The molecular weight excluding hydrogens is 311 g/mol. The average molecular weight is 326 g/mol. The molecule has 0 saturated heterocycles. The second-order valence-corrected chi connectivity index (χ2v) is 6.89. The molecule has 1 aliphatic rings. The quantitative estimate of drug-likeness (QED) is 0.842. The van der Waals surface area contributed by atoms with Gasteiger partial charge in [-0.3, -0.25) is 0 Å². The third-order valence-corrected chi connectivity index (χ3v) is 3.93. The lowest BCUT2D eigenvalue weighted by Gasteiger charge is -2.27. The Balaban J connectivity index is 1.73. The molecular formula is C12H15FN6O2S. The van der Waals surface area contributed by atoms with Crippen LogP contribution in [0.1, 0.15) is 11.5 Å². The van der Waals surface area contributed by atoms with Crippen molar-refractivity contribution in [3.63, 3.8) is 0 Å². The van der Waals surface area contributed by atoms with Crippen LogP contribution in [0.25, 0.3) is 0 Å². The molecule has 3 heterocycles. The molecule has 3 rings (SSSR count). The fraction of sp³-hybridized carbons (Fsp3) is 0.417. The van der Waals surface area contributed by atoms with Gasteiger partial charge >= 0.3 is 0 Å². The summed E-state index contributed by atoms with van der Waals surface area (Å²) >= 11 is 0. The van der Waals surface area contributed by atoms with Crippen molar-refractivity contribution in [2.75, 3.05) is 17.7 Å². The van der Waals surface area contributed by atoms with E-state index in [-0.39, 0.29) is 6.54 Å². The minimum Gasteiger partial charge on any atom is -0.332 e. The molecule has 1 N–H and O–H groups in total. The summed E-state index contributed by atoms with van der Waals surface area (Å²) in [5.74, 6) is 0.771. The van der Waals surface area contributed by atoms with Gasteiger partial charge in [0.1, 0.15) is 5.82 Å². The van der Waals surface area contributed by atoms with Crippen LogP contribution in [0.2, 0.25) is 0 Å². The summed E-state index contributed by atoms with van der Waals surface area (Å²) in [6.07, 6.45) is 5.20. The highest BCUT2D eigenvalue weighted by atomic mass is 32.2. The van der Waals surface area contributed by atoms with Crippen LogP contribution in [-0.2, 0) is 29.7 Å². The van der Waals surface area contributed by atoms with E-state index in [1.54, 1.807) is 0 Å². The molecule has 0 aromatic carbocycles. The molecule has 8 nitrogen and oxygen atoms in total. The van der Waals surface area contributed by atoms with Crippen molar-refractivity contribution in [2.24, 2.45) is 0 Å². The van der Waals surface area contributed by atoms with Crippen LogP contribution in [-0.4, -0.2) is 40.7 Å². The highest BCUT2D eigenvalue weighted by Gasteiger charge is 2.20. The first kappa shape index (κ1) is 14.9. The molecule has 10 heteroatoms. The number of fused-ring (bicyclic) bond motifs is 1. The standard InChI is InChI=1S/C12H15FN6O2S/c1-22(20,21)16-6-10-7-18-2-3-19(8-11(18)17-10)12-14-4-9(13)5-15-12/h4-5,7,16H,2-3,6,8H2,1H3. The molecule has 1 aliphatic heterocycles. The monoisotopic (exact) mass is 326 g/mol. The van der Waals surface area contributed by atoms with Crippen molar-refractivity contribution >= 4 is 16.0 Å². The Kier molecular flexibility index (Phi) is 3.79. The van der Waals surface area contributed by atoms with Gasteiger partial charge in [0.25, 0.3) is 0 Å². The highest BCUT2D eigenvalue weighted by molar-refractivity contribution is 7.88. The summed E-state index contributed by atoms with van der Waals surface area (Å²) in [5.41, 5.74) is 0.655. The summed E-state index contributed by atoms with van der Waals surface area (Å²) in [6, 6.07) is 0. The van der Waals surface area contributed by atoms with Crippen molar-refractivity contribution < 1.29 is 12.8 Å². The zero-order valence-corrected chi connectivity index (χ0v) is 12.7. The second kappa shape index (κ2) is 5.61. The summed E-state index contributed by atoms with van der Waals surface area (Å²) < 4.78 is 39.5. The van der Waals surface area contributed by atoms with E-state index in [0.29, 0.717) is 31.3 Å². The normalized spacial score (nSPS) is 14.9. The van der Waals surface area contributed by atoms with E-state index >= 15 is 0 Å². The Morgan fingerprint density at radius 2 is 2.05 bits per heavy atom. The number of sulfonamides is 1. The predicted molar refractivity (Wildman–Crippen MR) is 77.0 cm³/mol. The van der Waals surface area contributed by atoms with E-state index in [2.05, 4.69) is 19.7 Å². The number of nitrogens with zero attached hydrogens (tertiary/aromatic N) is 5. The van der Waals surface area contributed by atoms with E-state index < -0.39 is 15.8 Å². The zero-order valence-electron chi connectivity index (χ0n) is 11.9. The maximum atomic E-state index is 12.9. The summed E-state index contributed by atoms with van der Waals surface area (Å²) in [6.45, 7) is 2.01. The van der Waals surface area contributed by atoms with Crippen molar-refractivity contribution in [1.29, 1.82) is 0 Å². The fourth-order valence-corrected chi connectivity index (χ4v) is 2.65. The highest BCUT2D eigenvalue weighted by Crippen LogP contribution is 2.17. The zero-order chi connectivity index (χ0) is 15.7. The van der Waals surface area contributed by atoms with Crippen molar-refractivity contribution in [3.8, 4) is 0 Å². The molecule has 2 aromatic rings. The molecule has 22 heavy (non-hydrogen) atoms. The van der Waals surface area contributed by atoms with Crippen LogP contribution in [0.4, 0.5) is 10.3 Å². The number of imidazole rings is 1. The van der Waals surface area contributed by atoms with E-state index in [4.69, 9.17) is 0 Å². The summed E-state index contributed by atoms with van der Waals surface area (Å²) in [5, 5.41) is 0. The van der Waals surface area contributed by atoms with Gasteiger partial charge in [0.05, 0.1) is 37.4 Å². The first-order valence-electron chi connectivity index (χ1n) is 6.63. The van der Waals surface area contributed by atoms with Gasteiger partial charge in [0.15, 0.2) is 5.82 Å². The van der Waals surface area contributed by atoms with Gasteiger partial charge in [-0.25, -0.2) is 32.5 Å². The maximum absolute atomic E-state index is 12.9. The number of anilines is 1. The molecule has 0 bridgehead atoms. The molecule has 0 atom stereocenters. The lowest BCUT2D eigenvalue weighted by Crippen LogP contribution is -2.34. The van der Waals surface area contributed by atoms with Gasteiger partial charge in [0.2, 0.25) is 16.0 Å². The number of rotatable bonds is 4. The minimum absolute atomic E-state index is 0.159. The Bertz CT molecular complexity index is 773. The van der Waals surface area contributed by atoms with Gasteiger partial charge in [-0.1, -0.05) is 0 Å². The molecule has 118 valence electrons. The van der Waals surface area contributed by atoms with Gasteiger partial charge in [-0.2, -0.15) is 0 Å². The molecule has 0 amide bonds. The molecule has 0 radical (unpaired) electrons. The summed E-state index contributed by atoms with van der Waals surface area (Å²) in [4.78, 5) is 14.2. The van der Waals surface area contributed by atoms with Crippen molar-refractivity contribution in [3.05, 3.63) is 35.9 Å². The molecule has 2 aromatic heterocycles.